The number of guanidine groups is 1. The fourth-order valence-electron chi connectivity index (χ4n) is 3.24. The summed E-state index contributed by atoms with van der Waals surface area (Å²) in [7, 11) is 3.49. The number of carbonyl (C=O) groups is 1. The maximum absolute atomic E-state index is 11.9. The molecule has 2 rings (SSSR count). The van der Waals surface area contributed by atoms with Crippen LogP contribution in [0.25, 0.3) is 0 Å². The van der Waals surface area contributed by atoms with Crippen LogP contribution >= 0.6 is 24.0 Å². The molecule has 0 aliphatic carbocycles. The normalized spacial score (nSPS) is 16.5. The van der Waals surface area contributed by atoms with E-state index in [0.717, 1.165) is 31.5 Å². The zero-order valence-corrected chi connectivity index (χ0v) is 20.5. The number of rotatable bonds is 7. The molecule has 1 aromatic carbocycles. The van der Waals surface area contributed by atoms with Gasteiger partial charge in [0.05, 0.1) is 0 Å². The smallest absolute Gasteiger partial charge is 0.243 e. The van der Waals surface area contributed by atoms with E-state index in [9.17, 15) is 4.79 Å². The Morgan fingerprint density at radius 3 is 2.45 bits per heavy atom. The second-order valence-electron chi connectivity index (χ2n) is 7.80. The second-order valence-corrected chi connectivity index (χ2v) is 7.80. The van der Waals surface area contributed by atoms with Crippen LogP contribution in [-0.2, 0) is 4.79 Å². The molecule has 6 nitrogen and oxygen atoms in total. The van der Waals surface area contributed by atoms with E-state index in [-0.39, 0.29) is 36.4 Å². The summed E-state index contributed by atoms with van der Waals surface area (Å²) in [5.41, 5.74) is 2.39. The molecule has 0 radical (unpaired) electrons. The summed E-state index contributed by atoms with van der Waals surface area (Å²) in [5, 5.41) is 6.78. The number of nitrogens with one attached hydrogen (secondary N) is 2. The number of nitrogens with zero attached hydrogens (tertiary/aromatic N) is 3. The molecule has 1 unspecified atom stereocenters. The van der Waals surface area contributed by atoms with E-state index in [0.29, 0.717) is 24.6 Å². The zero-order valence-electron chi connectivity index (χ0n) is 18.1. The third-order valence-corrected chi connectivity index (χ3v) is 5.13. The number of hydrogen-bond donors (Lipinski definition) is 2. The number of carbonyl (C=O) groups excluding carboxylic acids is 1. The van der Waals surface area contributed by atoms with E-state index >= 15 is 0 Å². The lowest BCUT2D eigenvalue weighted by Gasteiger charge is -2.37. The van der Waals surface area contributed by atoms with E-state index in [2.05, 4.69) is 64.4 Å². The standard InChI is InChI=1S/C22H35N5O.HI/c1-17(2)15-23-22(24-16-21(28)26(4)5)25-20-11-13-27(14-12-20)18(3)19-9-7-6-8-10-19;/h6-10,18,20H,1,11-16H2,2-5H3,(H2,23,24,25);1H. The molecule has 0 aromatic heterocycles. The monoisotopic (exact) mass is 513 g/mol. The lowest BCUT2D eigenvalue weighted by molar-refractivity contribution is -0.127. The number of benzene rings is 1. The number of hydrogen-bond acceptors (Lipinski definition) is 3. The van der Waals surface area contributed by atoms with Crippen molar-refractivity contribution < 1.29 is 4.79 Å². The largest absolute Gasteiger partial charge is 0.354 e. The number of likely N-dealkylation sites (N-methyl/N-ethyl adjacent to an activating group) is 1. The van der Waals surface area contributed by atoms with Gasteiger partial charge in [0.2, 0.25) is 5.91 Å². The Kier molecular flexibility index (Phi) is 11.3. The zero-order chi connectivity index (χ0) is 20.5. The highest BCUT2D eigenvalue weighted by molar-refractivity contribution is 14.0. The quantitative estimate of drug-likeness (QED) is 0.255. The molecule has 1 amide bonds. The van der Waals surface area contributed by atoms with E-state index in [1.165, 1.54) is 5.56 Å². The van der Waals surface area contributed by atoms with Crippen LogP contribution in [0.2, 0.25) is 0 Å². The molecule has 2 N–H and O–H groups in total. The maximum Gasteiger partial charge on any atom is 0.243 e. The van der Waals surface area contributed by atoms with Gasteiger partial charge in [0.15, 0.2) is 5.96 Å². The van der Waals surface area contributed by atoms with E-state index in [1.807, 2.05) is 6.92 Å². The van der Waals surface area contributed by atoms with Crippen LogP contribution in [0.1, 0.15) is 38.3 Å². The van der Waals surface area contributed by atoms with Crippen molar-refractivity contribution in [2.24, 2.45) is 4.99 Å². The first-order valence-electron chi connectivity index (χ1n) is 10.0. The molecule has 1 aliphatic rings. The first-order chi connectivity index (χ1) is 13.4. The molecule has 1 saturated heterocycles. The van der Waals surface area contributed by atoms with Crippen molar-refractivity contribution in [2.45, 2.75) is 38.8 Å². The molecule has 29 heavy (non-hydrogen) atoms. The minimum absolute atomic E-state index is 0. The lowest BCUT2D eigenvalue weighted by Crippen LogP contribution is -2.49. The molecule has 0 bridgehead atoms. The predicted molar refractivity (Wildman–Crippen MR) is 132 cm³/mol. The fourth-order valence-corrected chi connectivity index (χ4v) is 3.24. The van der Waals surface area contributed by atoms with Crippen molar-refractivity contribution in [3.05, 3.63) is 48.0 Å². The van der Waals surface area contributed by atoms with Gasteiger partial charge in [0, 0.05) is 45.8 Å². The van der Waals surface area contributed by atoms with Crippen LogP contribution < -0.4 is 10.6 Å². The van der Waals surface area contributed by atoms with Crippen LogP contribution in [0, 0.1) is 0 Å². The molecular formula is C22H36IN5O. The lowest BCUT2D eigenvalue weighted by atomic mass is 10.0. The summed E-state index contributed by atoms with van der Waals surface area (Å²) in [4.78, 5) is 20.4. The van der Waals surface area contributed by atoms with Crippen LogP contribution in [0.4, 0.5) is 0 Å². The van der Waals surface area contributed by atoms with Crippen LogP contribution in [0.15, 0.2) is 47.5 Å². The molecule has 0 spiro atoms. The average molecular weight is 513 g/mol. The first-order valence-corrected chi connectivity index (χ1v) is 10.0. The topological polar surface area (TPSA) is 60.0 Å². The summed E-state index contributed by atoms with van der Waals surface area (Å²) in [5.74, 6) is 0.677. The predicted octanol–water partition coefficient (Wildman–Crippen LogP) is 3.03. The van der Waals surface area contributed by atoms with Crippen molar-refractivity contribution in [3.8, 4) is 0 Å². The Labute approximate surface area is 192 Å². The van der Waals surface area contributed by atoms with Crippen molar-refractivity contribution in [2.75, 3.05) is 40.3 Å². The average Bonchev–Trinajstić information content (AvgIpc) is 2.70. The van der Waals surface area contributed by atoms with Gasteiger partial charge in [-0.2, -0.15) is 0 Å². The molecule has 1 heterocycles. The highest BCUT2D eigenvalue weighted by Gasteiger charge is 2.24. The molecule has 1 fully saturated rings. The number of amides is 1. The van der Waals surface area contributed by atoms with Gasteiger partial charge in [-0.05, 0) is 32.3 Å². The van der Waals surface area contributed by atoms with Crippen LogP contribution in [-0.4, -0.2) is 68.0 Å². The third-order valence-electron chi connectivity index (χ3n) is 5.13. The Morgan fingerprint density at radius 2 is 1.90 bits per heavy atom. The Hall–Kier alpha value is -1.61. The molecule has 1 aliphatic heterocycles. The van der Waals surface area contributed by atoms with Gasteiger partial charge in [-0.25, -0.2) is 4.99 Å². The number of halogens is 1. The van der Waals surface area contributed by atoms with Gasteiger partial charge >= 0.3 is 0 Å². The van der Waals surface area contributed by atoms with Gasteiger partial charge in [0.25, 0.3) is 0 Å². The van der Waals surface area contributed by atoms with Gasteiger partial charge < -0.3 is 15.5 Å². The van der Waals surface area contributed by atoms with Crippen LogP contribution in [0.5, 0.6) is 0 Å². The Balaban J connectivity index is 0.00000420. The Bertz CT molecular complexity index is 669. The fraction of sp³-hybridized carbons (Fsp3) is 0.545. The molecular weight excluding hydrogens is 477 g/mol. The van der Waals surface area contributed by atoms with Gasteiger partial charge in [-0.3, -0.25) is 9.69 Å². The number of piperidine rings is 1. The molecule has 1 atom stereocenters. The summed E-state index contributed by atoms with van der Waals surface area (Å²) < 4.78 is 0. The summed E-state index contributed by atoms with van der Waals surface area (Å²) in [6.07, 6.45) is 2.10. The van der Waals surface area contributed by atoms with Gasteiger partial charge in [0.1, 0.15) is 6.54 Å². The van der Waals surface area contributed by atoms with E-state index in [4.69, 9.17) is 0 Å². The molecule has 7 heteroatoms. The van der Waals surface area contributed by atoms with E-state index < -0.39 is 0 Å². The maximum atomic E-state index is 11.9. The summed E-state index contributed by atoms with van der Waals surface area (Å²) in [6, 6.07) is 11.4. The highest BCUT2D eigenvalue weighted by Crippen LogP contribution is 2.23. The third kappa shape index (κ3) is 8.74. The van der Waals surface area contributed by atoms with Gasteiger partial charge in [-0.15, -0.1) is 24.0 Å². The van der Waals surface area contributed by atoms with Gasteiger partial charge in [-0.1, -0.05) is 42.5 Å². The minimum Gasteiger partial charge on any atom is -0.354 e. The number of likely N-dealkylation sites (tertiary alicyclic amines) is 1. The van der Waals surface area contributed by atoms with Crippen molar-refractivity contribution in [1.29, 1.82) is 0 Å². The Morgan fingerprint density at radius 1 is 1.28 bits per heavy atom. The molecule has 162 valence electrons. The first kappa shape index (κ1) is 25.4. The van der Waals surface area contributed by atoms with Crippen molar-refractivity contribution >= 4 is 35.8 Å². The second kappa shape index (κ2) is 12.8. The van der Waals surface area contributed by atoms with E-state index in [1.54, 1.807) is 19.0 Å². The molecule has 1 aromatic rings. The SMILES string of the molecule is C=C(C)CNC(=NCC(=O)N(C)C)NC1CCN(C(C)c2ccccc2)CC1.I. The van der Waals surface area contributed by atoms with Crippen molar-refractivity contribution in [1.82, 2.24) is 20.4 Å². The number of aliphatic imine (C=N–C) groups is 1. The molecule has 0 saturated carbocycles. The summed E-state index contributed by atoms with van der Waals surface area (Å²) in [6.45, 7) is 11.0. The summed E-state index contributed by atoms with van der Waals surface area (Å²) >= 11 is 0. The van der Waals surface area contributed by atoms with Crippen molar-refractivity contribution in [3.63, 3.8) is 0 Å². The van der Waals surface area contributed by atoms with Crippen LogP contribution in [0.3, 0.4) is 0 Å². The highest BCUT2D eigenvalue weighted by atomic mass is 127. The minimum atomic E-state index is -0.0112.